The Kier molecular flexibility index (Phi) is 2.21. The van der Waals surface area contributed by atoms with Gasteiger partial charge in [-0.05, 0) is 30.6 Å². The van der Waals surface area contributed by atoms with E-state index in [4.69, 9.17) is 5.73 Å². The van der Waals surface area contributed by atoms with Crippen molar-refractivity contribution in [3.05, 3.63) is 29.5 Å². The van der Waals surface area contributed by atoms with Crippen LogP contribution in [-0.2, 0) is 11.2 Å². The molecule has 0 saturated heterocycles. The Morgan fingerprint density at radius 2 is 2.36 bits per heavy atom. The SMILES string of the molecule is Cc1ccc2snc(CC(N)=O)c2c1. The molecule has 0 aliphatic heterocycles. The molecule has 1 amide bonds. The summed E-state index contributed by atoms with van der Waals surface area (Å²) >= 11 is 1.41. The number of benzene rings is 1. The number of aryl methyl sites for hydroxylation is 1. The monoisotopic (exact) mass is 206 g/mol. The molecule has 0 aliphatic rings. The molecule has 0 spiro atoms. The zero-order valence-corrected chi connectivity index (χ0v) is 8.60. The quantitative estimate of drug-likeness (QED) is 0.812. The molecule has 0 fully saturated rings. The van der Waals surface area contributed by atoms with Crippen molar-refractivity contribution in [2.45, 2.75) is 13.3 Å². The molecule has 0 aliphatic carbocycles. The molecule has 2 N–H and O–H groups in total. The van der Waals surface area contributed by atoms with Crippen LogP contribution >= 0.6 is 11.5 Å². The maximum atomic E-state index is 10.8. The van der Waals surface area contributed by atoms with Gasteiger partial charge in [-0.1, -0.05) is 11.6 Å². The van der Waals surface area contributed by atoms with Crippen LogP contribution in [0.15, 0.2) is 18.2 Å². The third kappa shape index (κ3) is 1.61. The third-order valence-electron chi connectivity index (χ3n) is 2.04. The molecule has 0 saturated carbocycles. The summed E-state index contributed by atoms with van der Waals surface area (Å²) in [6.07, 6.45) is 0.226. The molecule has 2 rings (SSSR count). The lowest BCUT2D eigenvalue weighted by atomic mass is 10.1. The minimum absolute atomic E-state index is 0.226. The Balaban J connectivity index is 2.55. The first-order valence-electron chi connectivity index (χ1n) is 4.30. The third-order valence-corrected chi connectivity index (χ3v) is 2.91. The van der Waals surface area contributed by atoms with Crippen molar-refractivity contribution in [3.8, 4) is 0 Å². The maximum Gasteiger partial charge on any atom is 0.223 e. The highest BCUT2D eigenvalue weighted by molar-refractivity contribution is 7.13. The highest BCUT2D eigenvalue weighted by Crippen LogP contribution is 2.23. The Labute approximate surface area is 85.7 Å². The predicted octanol–water partition coefficient (Wildman–Crippen LogP) is 1.63. The van der Waals surface area contributed by atoms with Crippen molar-refractivity contribution in [2.24, 2.45) is 5.73 Å². The fraction of sp³-hybridized carbons (Fsp3) is 0.200. The fourth-order valence-electron chi connectivity index (χ4n) is 1.39. The van der Waals surface area contributed by atoms with E-state index in [0.717, 1.165) is 15.8 Å². The minimum Gasteiger partial charge on any atom is -0.369 e. The zero-order valence-electron chi connectivity index (χ0n) is 7.78. The Hall–Kier alpha value is -1.42. The smallest absolute Gasteiger partial charge is 0.223 e. The van der Waals surface area contributed by atoms with Gasteiger partial charge in [-0.15, -0.1) is 0 Å². The van der Waals surface area contributed by atoms with Crippen molar-refractivity contribution in [2.75, 3.05) is 0 Å². The van der Waals surface area contributed by atoms with Crippen LogP contribution in [0.4, 0.5) is 0 Å². The van der Waals surface area contributed by atoms with Crippen molar-refractivity contribution < 1.29 is 4.79 Å². The largest absolute Gasteiger partial charge is 0.369 e. The lowest BCUT2D eigenvalue weighted by Crippen LogP contribution is -2.13. The average Bonchev–Trinajstić information content (AvgIpc) is 2.47. The van der Waals surface area contributed by atoms with Gasteiger partial charge in [0.15, 0.2) is 0 Å². The molecule has 1 aromatic carbocycles. The van der Waals surface area contributed by atoms with Gasteiger partial charge < -0.3 is 5.73 Å². The summed E-state index contributed by atoms with van der Waals surface area (Å²) in [4.78, 5) is 10.8. The molecular formula is C10H10N2OS. The molecule has 1 aromatic heterocycles. The van der Waals surface area contributed by atoms with Crippen LogP contribution in [-0.4, -0.2) is 10.3 Å². The molecule has 2 aromatic rings. The topological polar surface area (TPSA) is 56.0 Å². The molecule has 0 radical (unpaired) electrons. The lowest BCUT2D eigenvalue weighted by molar-refractivity contribution is -0.117. The van der Waals surface area contributed by atoms with Crippen LogP contribution in [0.2, 0.25) is 0 Å². The van der Waals surface area contributed by atoms with Gasteiger partial charge in [0, 0.05) is 5.39 Å². The Bertz CT molecular complexity index is 490. The van der Waals surface area contributed by atoms with Crippen molar-refractivity contribution >= 4 is 27.5 Å². The molecular weight excluding hydrogens is 196 g/mol. The summed E-state index contributed by atoms with van der Waals surface area (Å²) in [6, 6.07) is 6.10. The normalized spacial score (nSPS) is 10.6. The van der Waals surface area contributed by atoms with Crippen LogP contribution < -0.4 is 5.73 Å². The number of primary amides is 1. The van der Waals surface area contributed by atoms with Gasteiger partial charge in [0.25, 0.3) is 0 Å². The number of rotatable bonds is 2. The average molecular weight is 206 g/mol. The Morgan fingerprint density at radius 3 is 3.07 bits per heavy atom. The molecule has 0 bridgehead atoms. The zero-order chi connectivity index (χ0) is 10.1. The van der Waals surface area contributed by atoms with Crippen LogP contribution in [0.3, 0.4) is 0 Å². The van der Waals surface area contributed by atoms with Gasteiger partial charge in [-0.3, -0.25) is 4.79 Å². The van der Waals surface area contributed by atoms with E-state index >= 15 is 0 Å². The highest BCUT2D eigenvalue weighted by atomic mass is 32.1. The number of aromatic nitrogens is 1. The molecule has 0 atom stereocenters. The van der Waals surface area contributed by atoms with E-state index in [1.807, 2.05) is 25.1 Å². The number of nitrogens with zero attached hydrogens (tertiary/aromatic N) is 1. The number of hydrogen-bond donors (Lipinski definition) is 1. The van der Waals surface area contributed by atoms with Gasteiger partial charge in [-0.25, -0.2) is 0 Å². The summed E-state index contributed by atoms with van der Waals surface area (Å²) in [5, 5.41) is 1.05. The molecule has 0 unspecified atom stereocenters. The first-order valence-corrected chi connectivity index (χ1v) is 5.07. The standard InChI is InChI=1S/C10H10N2OS/c1-6-2-3-9-7(4-6)8(12-14-9)5-10(11)13/h2-4H,5H2,1H3,(H2,11,13). The van der Waals surface area contributed by atoms with Crippen LogP contribution in [0, 0.1) is 6.92 Å². The number of amides is 1. The second-order valence-electron chi connectivity index (χ2n) is 3.27. The van der Waals surface area contributed by atoms with Crippen LogP contribution in [0.1, 0.15) is 11.3 Å². The van der Waals surface area contributed by atoms with Crippen molar-refractivity contribution in [1.82, 2.24) is 4.37 Å². The number of carbonyl (C=O) groups is 1. The summed E-state index contributed by atoms with van der Waals surface area (Å²) in [7, 11) is 0. The van der Waals surface area contributed by atoms with E-state index in [2.05, 4.69) is 4.37 Å². The molecule has 72 valence electrons. The number of carbonyl (C=O) groups excluding carboxylic acids is 1. The van der Waals surface area contributed by atoms with E-state index in [-0.39, 0.29) is 12.3 Å². The van der Waals surface area contributed by atoms with Gasteiger partial charge in [-0.2, -0.15) is 4.37 Å². The number of nitrogens with two attached hydrogens (primary N) is 1. The molecule has 3 nitrogen and oxygen atoms in total. The van der Waals surface area contributed by atoms with E-state index in [9.17, 15) is 4.79 Å². The van der Waals surface area contributed by atoms with Crippen molar-refractivity contribution in [3.63, 3.8) is 0 Å². The summed E-state index contributed by atoms with van der Waals surface area (Å²) in [6.45, 7) is 2.02. The first kappa shape index (κ1) is 9.15. The second-order valence-corrected chi connectivity index (χ2v) is 4.08. The van der Waals surface area contributed by atoms with Crippen molar-refractivity contribution in [1.29, 1.82) is 0 Å². The summed E-state index contributed by atoms with van der Waals surface area (Å²) in [5.41, 5.74) is 7.10. The van der Waals surface area contributed by atoms with E-state index in [0.29, 0.717) is 0 Å². The Morgan fingerprint density at radius 1 is 1.57 bits per heavy atom. The molecule has 1 heterocycles. The van der Waals surface area contributed by atoms with Gasteiger partial charge in [0.2, 0.25) is 5.91 Å². The number of fused-ring (bicyclic) bond motifs is 1. The highest BCUT2D eigenvalue weighted by Gasteiger charge is 2.08. The van der Waals surface area contributed by atoms with E-state index < -0.39 is 0 Å². The van der Waals surface area contributed by atoms with Gasteiger partial charge in [0.1, 0.15) is 0 Å². The molecule has 14 heavy (non-hydrogen) atoms. The second kappa shape index (κ2) is 3.38. The maximum absolute atomic E-state index is 10.8. The first-order chi connectivity index (χ1) is 6.66. The van der Waals surface area contributed by atoms with E-state index in [1.54, 1.807) is 0 Å². The fourth-order valence-corrected chi connectivity index (χ4v) is 2.17. The van der Waals surface area contributed by atoms with Gasteiger partial charge in [0.05, 0.1) is 16.8 Å². The summed E-state index contributed by atoms with van der Waals surface area (Å²) < 4.78 is 5.32. The molecule has 4 heteroatoms. The van der Waals surface area contributed by atoms with E-state index in [1.165, 1.54) is 17.1 Å². The van der Waals surface area contributed by atoms with Crippen LogP contribution in [0.25, 0.3) is 10.1 Å². The van der Waals surface area contributed by atoms with Crippen LogP contribution in [0.5, 0.6) is 0 Å². The lowest BCUT2D eigenvalue weighted by Gasteiger charge is -1.95. The van der Waals surface area contributed by atoms with Gasteiger partial charge >= 0.3 is 0 Å². The predicted molar refractivity (Wildman–Crippen MR) is 57.3 cm³/mol. The minimum atomic E-state index is -0.335. The summed E-state index contributed by atoms with van der Waals surface area (Å²) in [5.74, 6) is -0.335. The number of hydrogen-bond acceptors (Lipinski definition) is 3.